The van der Waals surface area contributed by atoms with Gasteiger partial charge in [0.2, 0.25) is 5.89 Å². The lowest BCUT2D eigenvalue weighted by Crippen LogP contribution is -2.05. The van der Waals surface area contributed by atoms with Crippen molar-refractivity contribution >= 4 is 5.78 Å². The van der Waals surface area contributed by atoms with E-state index in [0.717, 1.165) is 18.7 Å². The van der Waals surface area contributed by atoms with Crippen LogP contribution in [0.4, 0.5) is 0 Å². The van der Waals surface area contributed by atoms with Crippen LogP contribution in [0, 0.1) is 0 Å². The second kappa shape index (κ2) is 6.66. The molecule has 0 aromatic carbocycles. The fourth-order valence-electron chi connectivity index (χ4n) is 2.51. The smallest absolute Gasteiger partial charge is 0.234 e. The molecule has 4 nitrogen and oxygen atoms in total. The average molecular weight is 250 g/mol. The number of hydrogen-bond acceptors (Lipinski definition) is 4. The standard InChI is InChI=1S/C14H22N2O2/c1-2-12(17)10-13-15-14(16-18-13)11-8-6-4-3-5-7-9-11/h11H,2-10H2,1H3. The summed E-state index contributed by atoms with van der Waals surface area (Å²) < 4.78 is 5.18. The molecule has 0 bridgehead atoms. The molecule has 1 heterocycles. The molecule has 0 radical (unpaired) electrons. The number of ketones is 1. The Labute approximate surface area is 108 Å². The first-order valence-corrected chi connectivity index (χ1v) is 7.13. The molecule has 1 aliphatic carbocycles. The lowest BCUT2D eigenvalue weighted by Gasteiger charge is -2.15. The molecule has 1 aromatic heterocycles. The average Bonchev–Trinajstić information content (AvgIpc) is 2.77. The van der Waals surface area contributed by atoms with Crippen LogP contribution in [-0.4, -0.2) is 15.9 Å². The largest absolute Gasteiger partial charge is 0.339 e. The second-order valence-electron chi connectivity index (χ2n) is 5.16. The second-order valence-corrected chi connectivity index (χ2v) is 5.16. The molecule has 0 spiro atoms. The van der Waals surface area contributed by atoms with E-state index in [9.17, 15) is 4.79 Å². The first-order chi connectivity index (χ1) is 8.79. The summed E-state index contributed by atoms with van der Waals surface area (Å²) in [6.45, 7) is 1.86. The first-order valence-electron chi connectivity index (χ1n) is 7.13. The van der Waals surface area contributed by atoms with Crippen LogP contribution in [0.3, 0.4) is 0 Å². The highest BCUT2D eigenvalue weighted by Gasteiger charge is 2.19. The summed E-state index contributed by atoms with van der Waals surface area (Å²) in [5.74, 6) is 1.89. The van der Waals surface area contributed by atoms with Gasteiger partial charge in [-0.15, -0.1) is 0 Å². The third-order valence-electron chi connectivity index (χ3n) is 3.70. The molecule has 18 heavy (non-hydrogen) atoms. The molecule has 0 aliphatic heterocycles. The summed E-state index contributed by atoms with van der Waals surface area (Å²) in [6.07, 6.45) is 9.61. The zero-order chi connectivity index (χ0) is 12.8. The summed E-state index contributed by atoms with van der Waals surface area (Å²) in [5, 5.41) is 4.06. The highest BCUT2D eigenvalue weighted by molar-refractivity contribution is 5.79. The molecule has 0 unspecified atom stereocenters. The Hall–Kier alpha value is -1.19. The van der Waals surface area contributed by atoms with Crippen molar-refractivity contribution in [1.29, 1.82) is 0 Å². The summed E-state index contributed by atoms with van der Waals surface area (Å²) in [6, 6.07) is 0. The van der Waals surface area contributed by atoms with Gasteiger partial charge in [-0.3, -0.25) is 4.79 Å². The van der Waals surface area contributed by atoms with Gasteiger partial charge in [0.1, 0.15) is 5.78 Å². The van der Waals surface area contributed by atoms with Gasteiger partial charge >= 0.3 is 0 Å². The minimum absolute atomic E-state index is 0.155. The zero-order valence-corrected chi connectivity index (χ0v) is 11.2. The van der Waals surface area contributed by atoms with Crippen LogP contribution in [0.1, 0.15) is 75.9 Å². The highest BCUT2D eigenvalue weighted by Crippen LogP contribution is 2.29. The van der Waals surface area contributed by atoms with Crippen LogP contribution in [0.5, 0.6) is 0 Å². The minimum Gasteiger partial charge on any atom is -0.339 e. The molecule has 0 amide bonds. The predicted octanol–water partition coefficient (Wildman–Crippen LogP) is 3.42. The predicted molar refractivity (Wildman–Crippen MR) is 68.4 cm³/mol. The third kappa shape index (κ3) is 3.65. The SMILES string of the molecule is CCC(=O)Cc1nc(C2CCCCCCC2)no1. The number of rotatable bonds is 4. The molecule has 0 saturated heterocycles. The summed E-state index contributed by atoms with van der Waals surface area (Å²) in [4.78, 5) is 15.7. The number of nitrogens with zero attached hydrogens (tertiary/aromatic N) is 2. The van der Waals surface area contributed by atoms with Gasteiger partial charge in [0.15, 0.2) is 5.82 Å². The van der Waals surface area contributed by atoms with E-state index in [2.05, 4.69) is 10.1 Å². The van der Waals surface area contributed by atoms with E-state index in [4.69, 9.17) is 4.52 Å². The number of Topliss-reactive ketones (excluding diaryl/α,β-unsaturated/α-hetero) is 1. The molecule has 0 atom stereocenters. The molecule has 1 aromatic rings. The molecule has 1 fully saturated rings. The van der Waals surface area contributed by atoms with E-state index >= 15 is 0 Å². The topological polar surface area (TPSA) is 56.0 Å². The van der Waals surface area contributed by atoms with Crippen molar-refractivity contribution in [2.45, 2.75) is 70.6 Å². The molecule has 2 rings (SSSR count). The maximum absolute atomic E-state index is 11.3. The van der Waals surface area contributed by atoms with Gasteiger partial charge in [-0.25, -0.2) is 0 Å². The Morgan fingerprint density at radius 3 is 2.56 bits per heavy atom. The van der Waals surface area contributed by atoms with E-state index < -0.39 is 0 Å². The Balaban J connectivity index is 1.96. The van der Waals surface area contributed by atoms with Crippen LogP contribution >= 0.6 is 0 Å². The fourth-order valence-corrected chi connectivity index (χ4v) is 2.51. The summed E-state index contributed by atoms with van der Waals surface area (Å²) in [5.41, 5.74) is 0. The Morgan fingerprint density at radius 2 is 1.89 bits per heavy atom. The zero-order valence-electron chi connectivity index (χ0n) is 11.2. The van der Waals surface area contributed by atoms with E-state index in [-0.39, 0.29) is 12.2 Å². The Bertz CT molecular complexity index is 379. The van der Waals surface area contributed by atoms with Crippen LogP contribution in [-0.2, 0) is 11.2 Å². The third-order valence-corrected chi connectivity index (χ3v) is 3.70. The van der Waals surface area contributed by atoms with Gasteiger partial charge in [0.25, 0.3) is 0 Å². The first kappa shape index (κ1) is 13.2. The van der Waals surface area contributed by atoms with Gasteiger partial charge in [-0.05, 0) is 12.8 Å². The van der Waals surface area contributed by atoms with Gasteiger partial charge < -0.3 is 4.52 Å². The van der Waals surface area contributed by atoms with Crippen molar-refractivity contribution in [3.63, 3.8) is 0 Å². The normalized spacial score (nSPS) is 18.3. The van der Waals surface area contributed by atoms with Gasteiger partial charge in [-0.1, -0.05) is 44.2 Å². The monoisotopic (exact) mass is 250 g/mol. The lowest BCUT2D eigenvalue weighted by atomic mass is 9.91. The molecular weight excluding hydrogens is 228 g/mol. The molecule has 4 heteroatoms. The van der Waals surface area contributed by atoms with E-state index in [1.165, 1.54) is 32.1 Å². The van der Waals surface area contributed by atoms with Crippen molar-refractivity contribution in [2.75, 3.05) is 0 Å². The summed E-state index contributed by atoms with van der Waals surface area (Å²) in [7, 11) is 0. The van der Waals surface area contributed by atoms with E-state index in [0.29, 0.717) is 18.2 Å². The van der Waals surface area contributed by atoms with Crippen LogP contribution in [0.25, 0.3) is 0 Å². The molecule has 0 N–H and O–H groups in total. The van der Waals surface area contributed by atoms with Crippen LogP contribution in [0.15, 0.2) is 4.52 Å². The quantitative estimate of drug-likeness (QED) is 0.821. The van der Waals surface area contributed by atoms with Crippen molar-refractivity contribution in [2.24, 2.45) is 0 Å². The van der Waals surface area contributed by atoms with Gasteiger partial charge in [0.05, 0.1) is 6.42 Å². The maximum Gasteiger partial charge on any atom is 0.234 e. The number of carbonyl (C=O) groups is 1. The Morgan fingerprint density at radius 1 is 1.22 bits per heavy atom. The van der Waals surface area contributed by atoms with E-state index in [1.54, 1.807) is 0 Å². The van der Waals surface area contributed by atoms with Crippen molar-refractivity contribution < 1.29 is 9.32 Å². The molecule has 100 valence electrons. The summed E-state index contributed by atoms with van der Waals surface area (Å²) >= 11 is 0. The molecule has 1 aliphatic rings. The van der Waals surface area contributed by atoms with Gasteiger partial charge in [-0.2, -0.15) is 4.98 Å². The van der Waals surface area contributed by atoms with Crippen LogP contribution in [0.2, 0.25) is 0 Å². The fraction of sp³-hybridized carbons (Fsp3) is 0.786. The van der Waals surface area contributed by atoms with Crippen molar-refractivity contribution in [3.05, 3.63) is 11.7 Å². The molecule has 1 saturated carbocycles. The lowest BCUT2D eigenvalue weighted by molar-refractivity contribution is -0.118. The van der Waals surface area contributed by atoms with Gasteiger partial charge in [0, 0.05) is 12.3 Å². The molecular formula is C14H22N2O2. The van der Waals surface area contributed by atoms with Crippen molar-refractivity contribution in [1.82, 2.24) is 10.1 Å². The maximum atomic E-state index is 11.3. The van der Waals surface area contributed by atoms with Crippen LogP contribution < -0.4 is 0 Å². The number of carbonyl (C=O) groups excluding carboxylic acids is 1. The minimum atomic E-state index is 0.155. The highest BCUT2D eigenvalue weighted by atomic mass is 16.5. The number of hydrogen-bond donors (Lipinski definition) is 0. The van der Waals surface area contributed by atoms with E-state index in [1.807, 2.05) is 6.92 Å². The van der Waals surface area contributed by atoms with Crippen molar-refractivity contribution in [3.8, 4) is 0 Å². The Kier molecular flexibility index (Phi) is 4.90. The number of aromatic nitrogens is 2.